The minimum atomic E-state index is -0.756. The van der Waals surface area contributed by atoms with E-state index in [2.05, 4.69) is 46.4 Å². The third kappa shape index (κ3) is 5.23. The number of ketones is 1. The number of hydrogen-bond acceptors (Lipinski definition) is 9. The number of carbonyl (C=O) groups excluding carboxylic acids is 2. The van der Waals surface area contributed by atoms with Crippen LogP contribution >= 0.6 is 0 Å². The molecule has 0 aromatic carbocycles. The molecule has 3 saturated heterocycles. The van der Waals surface area contributed by atoms with Crippen LogP contribution in [0.25, 0.3) is 0 Å². The van der Waals surface area contributed by atoms with Crippen molar-refractivity contribution in [3.63, 3.8) is 0 Å². The Hall–Kier alpha value is -1.30. The van der Waals surface area contributed by atoms with Crippen LogP contribution in [0.15, 0.2) is 0 Å². The van der Waals surface area contributed by atoms with Crippen LogP contribution in [-0.2, 0) is 23.7 Å². The number of carbonyl (C=O) groups is 2. The third-order valence-corrected chi connectivity index (χ3v) is 18.0. The lowest BCUT2D eigenvalue weighted by Gasteiger charge is -2.63. The maximum absolute atomic E-state index is 13.0. The Morgan fingerprint density at radius 1 is 0.981 bits per heavy atom. The second-order valence-electron chi connectivity index (χ2n) is 20.8. The molecular weight excluding hydrogens is 670 g/mol. The van der Waals surface area contributed by atoms with Crippen molar-refractivity contribution in [2.75, 3.05) is 32.8 Å². The number of amides is 1. The number of likely N-dealkylation sites (tertiary alicyclic amines) is 1. The number of fused-ring (bicyclic) bond motifs is 4. The average Bonchev–Trinajstić information content (AvgIpc) is 3.72. The molecule has 3 aliphatic heterocycles. The van der Waals surface area contributed by atoms with E-state index in [-0.39, 0.29) is 82.3 Å². The summed E-state index contributed by atoms with van der Waals surface area (Å²) in [5, 5.41) is 12.6. The fourth-order valence-corrected chi connectivity index (χ4v) is 15.3. The van der Waals surface area contributed by atoms with Crippen molar-refractivity contribution in [2.24, 2.45) is 57.0 Å². The van der Waals surface area contributed by atoms with Crippen LogP contribution in [0.2, 0.25) is 0 Å². The van der Waals surface area contributed by atoms with Gasteiger partial charge in [0, 0.05) is 26.1 Å². The number of ether oxygens (including phenoxy) is 4. The van der Waals surface area contributed by atoms with Gasteiger partial charge in [-0.1, -0.05) is 48.0 Å². The summed E-state index contributed by atoms with van der Waals surface area (Å²) in [5.74, 6) is 1.75. The molecule has 53 heavy (non-hydrogen) atoms. The summed E-state index contributed by atoms with van der Waals surface area (Å²) < 4.78 is 26.3. The zero-order valence-electron chi connectivity index (χ0n) is 33.5. The smallest absolute Gasteiger partial charge is 0.410 e. The predicted octanol–water partition coefficient (Wildman–Crippen LogP) is 5.91. The normalized spacial score (nSPS) is 50.9. The summed E-state index contributed by atoms with van der Waals surface area (Å²) in [6.45, 7) is 17.5. The molecule has 1 amide bonds. The zero-order chi connectivity index (χ0) is 37.3. The molecule has 15 atom stereocenters. The van der Waals surface area contributed by atoms with Crippen molar-refractivity contribution in [1.82, 2.24) is 9.80 Å². The number of rotatable bonds is 6. The van der Waals surface area contributed by atoms with E-state index in [0.29, 0.717) is 37.2 Å². The van der Waals surface area contributed by atoms with Gasteiger partial charge in [0.15, 0.2) is 6.29 Å². The lowest BCUT2D eigenvalue weighted by Crippen LogP contribution is -2.70. The molecule has 15 unspecified atom stereocenters. The molecule has 9 aliphatic rings. The topological polar surface area (TPSA) is 124 Å². The molecule has 0 aromatic rings. The predicted molar refractivity (Wildman–Crippen MR) is 200 cm³/mol. The lowest BCUT2D eigenvalue weighted by atomic mass is 9.43. The molecule has 2 spiro atoms. The Kier molecular flexibility index (Phi) is 9.04. The van der Waals surface area contributed by atoms with Gasteiger partial charge >= 0.3 is 6.09 Å². The standard InChI is InChI=1S/C43H69N3O7/c1-25(2)35(53-38(49)45-18-9-19-45)29-22-26(3)34-36(51-29)37(48)43(44)31-13-12-30-39(4,5)32(14-15-41(30)24-42(31,41)17-16-40(34,43)6)52-33-23-46(20-21-50-33)27-10-7-8-11-28(27)47/h25-27,29-37,48H,7-24,44H2,1-6H3. The van der Waals surface area contributed by atoms with Crippen molar-refractivity contribution < 1.29 is 33.6 Å². The Bertz CT molecular complexity index is 1450. The van der Waals surface area contributed by atoms with Crippen molar-refractivity contribution in [2.45, 2.75) is 173 Å². The Balaban J connectivity index is 0.919. The molecule has 9 rings (SSSR count). The third-order valence-electron chi connectivity index (χ3n) is 18.0. The van der Waals surface area contributed by atoms with E-state index >= 15 is 0 Å². The van der Waals surface area contributed by atoms with E-state index in [4.69, 9.17) is 24.7 Å². The molecule has 6 saturated carbocycles. The summed E-state index contributed by atoms with van der Waals surface area (Å²) in [4.78, 5) is 29.9. The van der Waals surface area contributed by atoms with Gasteiger partial charge in [0.05, 0.1) is 49.1 Å². The van der Waals surface area contributed by atoms with Crippen molar-refractivity contribution in [3.05, 3.63) is 0 Å². The molecule has 298 valence electrons. The van der Waals surface area contributed by atoms with E-state index in [0.717, 1.165) is 83.8 Å². The molecule has 6 aliphatic carbocycles. The van der Waals surface area contributed by atoms with Crippen molar-refractivity contribution >= 4 is 11.9 Å². The van der Waals surface area contributed by atoms with Crippen molar-refractivity contribution in [3.8, 4) is 0 Å². The first-order valence-electron chi connectivity index (χ1n) is 21.8. The Labute approximate surface area is 317 Å². The van der Waals surface area contributed by atoms with E-state index in [1.165, 1.54) is 12.8 Å². The molecular formula is C43H69N3O7. The van der Waals surface area contributed by atoms with Gasteiger partial charge in [-0.15, -0.1) is 0 Å². The van der Waals surface area contributed by atoms with E-state index in [1.807, 2.05) is 0 Å². The monoisotopic (exact) mass is 740 g/mol. The Morgan fingerprint density at radius 3 is 2.45 bits per heavy atom. The van der Waals surface area contributed by atoms with Gasteiger partial charge in [-0.05, 0) is 122 Å². The van der Waals surface area contributed by atoms with Crippen LogP contribution in [0.4, 0.5) is 4.79 Å². The Morgan fingerprint density at radius 2 is 1.74 bits per heavy atom. The average molecular weight is 740 g/mol. The first kappa shape index (κ1) is 37.3. The highest BCUT2D eigenvalue weighted by Gasteiger charge is 2.85. The second-order valence-corrected chi connectivity index (χ2v) is 20.8. The largest absolute Gasteiger partial charge is 0.443 e. The van der Waals surface area contributed by atoms with Crippen LogP contribution in [0.5, 0.6) is 0 Å². The number of nitrogens with two attached hydrogens (primary N) is 1. The van der Waals surface area contributed by atoms with E-state index in [9.17, 15) is 14.7 Å². The lowest BCUT2D eigenvalue weighted by molar-refractivity contribution is -0.248. The maximum atomic E-state index is 13.0. The van der Waals surface area contributed by atoms with E-state index < -0.39 is 11.6 Å². The molecule has 0 bridgehead atoms. The van der Waals surface area contributed by atoms with Crippen LogP contribution in [0, 0.1) is 51.2 Å². The van der Waals surface area contributed by atoms with Crippen LogP contribution in [0.1, 0.15) is 125 Å². The SMILES string of the molecule is CC(C)C(OC(=O)N1CCC1)C1CC(C)C2C(O1)C(O)C1(N)C3CCC4C(C)(C)C(OC5CN(C6CCCCC6=O)CCO5)CCC45CC35CCC21C. The molecule has 0 radical (unpaired) electrons. The number of aliphatic hydroxyl groups is 1. The summed E-state index contributed by atoms with van der Waals surface area (Å²) in [5.41, 5.74) is 7.29. The molecule has 9 fully saturated rings. The zero-order valence-corrected chi connectivity index (χ0v) is 33.5. The van der Waals surface area contributed by atoms with Crippen LogP contribution < -0.4 is 5.73 Å². The van der Waals surface area contributed by atoms with Gasteiger partial charge in [0.1, 0.15) is 11.9 Å². The number of hydrogen-bond donors (Lipinski definition) is 2. The molecule has 0 aromatic heterocycles. The van der Waals surface area contributed by atoms with E-state index in [1.54, 1.807) is 4.90 Å². The minimum absolute atomic E-state index is 0.0198. The number of morpholine rings is 1. The van der Waals surface area contributed by atoms with Gasteiger partial charge in [0.25, 0.3) is 0 Å². The first-order valence-corrected chi connectivity index (χ1v) is 21.8. The summed E-state index contributed by atoms with van der Waals surface area (Å²) >= 11 is 0. The van der Waals surface area contributed by atoms with Crippen LogP contribution in [-0.4, -0.2) is 108 Å². The molecule has 3 heterocycles. The quantitative estimate of drug-likeness (QED) is 0.342. The second kappa shape index (κ2) is 12.9. The van der Waals surface area contributed by atoms with Crippen molar-refractivity contribution in [1.29, 1.82) is 0 Å². The number of Topliss-reactive ketones (excluding diaryl/α,β-unsaturated/α-hetero) is 1. The maximum Gasteiger partial charge on any atom is 0.410 e. The van der Waals surface area contributed by atoms with Gasteiger partial charge in [-0.2, -0.15) is 0 Å². The molecule has 10 nitrogen and oxygen atoms in total. The highest BCUT2D eigenvalue weighted by atomic mass is 16.7. The van der Waals surface area contributed by atoms with Gasteiger partial charge in [-0.25, -0.2) is 4.79 Å². The highest BCUT2D eigenvalue weighted by molar-refractivity contribution is 5.84. The summed E-state index contributed by atoms with van der Waals surface area (Å²) in [6.07, 6.45) is 11.2. The molecule has 3 N–H and O–H groups in total. The number of aliphatic hydroxyl groups excluding tert-OH is 1. The van der Waals surface area contributed by atoms with Gasteiger partial charge in [0.2, 0.25) is 0 Å². The highest BCUT2D eigenvalue weighted by Crippen LogP contribution is 2.87. The summed E-state index contributed by atoms with van der Waals surface area (Å²) in [7, 11) is 0. The van der Waals surface area contributed by atoms with Crippen LogP contribution in [0.3, 0.4) is 0 Å². The summed E-state index contributed by atoms with van der Waals surface area (Å²) in [6, 6.07) is 0.0296. The van der Waals surface area contributed by atoms with Gasteiger partial charge in [-0.3, -0.25) is 9.69 Å². The van der Waals surface area contributed by atoms with Gasteiger partial charge < -0.3 is 34.7 Å². The number of nitrogens with zero attached hydrogens (tertiary/aromatic N) is 2. The fourth-order valence-electron chi connectivity index (χ4n) is 15.3. The fraction of sp³-hybridized carbons (Fsp3) is 0.953. The molecule has 10 heteroatoms. The first-order chi connectivity index (χ1) is 25.2. The minimum Gasteiger partial charge on any atom is -0.443 e.